The lowest BCUT2D eigenvalue weighted by Crippen LogP contribution is -2.40. The number of likely N-dealkylation sites (tertiary alicyclic amines) is 3. The maximum absolute atomic E-state index is 14.7. The third-order valence-electron chi connectivity index (χ3n) is 19.6. The number of aromatic nitrogens is 6. The van der Waals surface area contributed by atoms with Crippen LogP contribution in [0, 0.1) is 46.3 Å². The summed E-state index contributed by atoms with van der Waals surface area (Å²) in [6.07, 6.45) is 3.75. The standard InChI is InChI=1S/C27H31N3O6.C26H27ClFN3O4.C26H28FN3O4/c1-17-28-29-27(35-17)26-14-22-23(5-4-6-24(22)36-26)34-16-19(31)15-30-11-9-18(10-12-30)21-8-7-20(32-2)13-25(21)33-3;1-15-21(27)7-6-19(25(15)28)17-8-10-31(11-9-17)13-18(32)14-33-22-4-3-5-23-20(22)12-24(35-23)26-30-29-16(2)34-26;1-16-12-19(27)6-7-21(16)18-8-10-30(11-9-18)14-20(31)15-32-23-4-3-5-24-22(23)13-25(34-24)26-29-28-17(2)33-26/h4-8,13-14,18-19,31H,9-12,15-16H2,1-3H3;3-7,12,17-18,32H,8-11,13-14H2,1-2H3;3-7,12-13,18,20,31H,8-11,14-15H2,1-2H3. The van der Waals surface area contributed by atoms with Gasteiger partial charge in [-0.05, 0) is 192 Å². The van der Waals surface area contributed by atoms with E-state index in [2.05, 4.69) is 51.4 Å². The number of rotatable bonds is 23. The van der Waals surface area contributed by atoms with Crippen LogP contribution >= 0.6 is 11.6 Å². The van der Waals surface area contributed by atoms with Gasteiger partial charge in [-0.3, -0.25) is 0 Å². The molecular weight excluding hydrogens is 1370 g/mol. The van der Waals surface area contributed by atoms with E-state index in [-0.39, 0.29) is 37.4 Å². The lowest BCUT2D eigenvalue weighted by atomic mass is 9.87. The van der Waals surface area contributed by atoms with E-state index < -0.39 is 18.3 Å². The molecule has 15 rings (SSSR count). The summed E-state index contributed by atoms with van der Waals surface area (Å²) in [4.78, 5) is 6.74. The first kappa shape index (κ1) is 73.6. The van der Waals surface area contributed by atoms with Gasteiger partial charge in [0.1, 0.15) is 95.3 Å². The van der Waals surface area contributed by atoms with Gasteiger partial charge in [-0.15, -0.1) is 30.6 Å². The summed E-state index contributed by atoms with van der Waals surface area (Å²) in [5.41, 5.74) is 6.63. The highest BCUT2D eigenvalue weighted by Crippen LogP contribution is 2.40. The van der Waals surface area contributed by atoms with Crippen LogP contribution in [0.3, 0.4) is 0 Å². The number of ether oxygens (including phenoxy) is 5. The van der Waals surface area contributed by atoms with Gasteiger partial charge >= 0.3 is 0 Å². The zero-order valence-corrected chi connectivity index (χ0v) is 60.5. The van der Waals surface area contributed by atoms with E-state index in [9.17, 15) is 24.1 Å². The molecule has 12 aromatic rings. The van der Waals surface area contributed by atoms with Crippen LogP contribution in [0.1, 0.15) is 102 Å². The molecule has 3 atom stereocenters. The van der Waals surface area contributed by atoms with Gasteiger partial charge in [0.05, 0.1) is 30.4 Å². The van der Waals surface area contributed by atoms with Crippen molar-refractivity contribution >= 4 is 44.5 Å². The zero-order chi connectivity index (χ0) is 73.3. The molecule has 3 unspecified atom stereocenters. The van der Waals surface area contributed by atoms with Crippen molar-refractivity contribution in [3.63, 3.8) is 0 Å². The van der Waals surface area contributed by atoms with E-state index in [1.807, 2.05) is 91.9 Å². The van der Waals surface area contributed by atoms with Crippen molar-refractivity contribution in [1.29, 1.82) is 0 Å². The fourth-order valence-electron chi connectivity index (χ4n) is 14.1. The number of methoxy groups -OCH3 is 2. The topological polar surface area (TPSA) is 273 Å². The van der Waals surface area contributed by atoms with Gasteiger partial charge in [-0.2, -0.15) is 0 Å². The number of nitrogens with zero attached hydrogens (tertiary/aromatic N) is 9. The molecule has 0 saturated carbocycles. The van der Waals surface area contributed by atoms with E-state index >= 15 is 0 Å². The summed E-state index contributed by atoms with van der Waals surface area (Å²) in [6.45, 7) is 16.1. The Balaban J connectivity index is 0.000000140. The van der Waals surface area contributed by atoms with Crippen molar-refractivity contribution in [1.82, 2.24) is 45.3 Å². The SMILES string of the molecule is COc1ccc(C2CCN(CC(O)COc3cccc4oc(-c5nnc(C)o5)cc34)CC2)c(OC)c1.Cc1nnc(-c2cc3c(OCC(O)CN4CCC(c5ccc(Cl)c(C)c5F)CC4)cccc3o2)o1.Cc1nnc(-c2cc3c(OCC(O)CN4CCC(c5ccc(F)cc5C)CC4)cccc3o2)o1. The average molecular weight is 1460 g/mol. The molecule has 3 aliphatic heterocycles. The first-order chi connectivity index (χ1) is 50.9. The molecule has 6 aromatic heterocycles. The summed E-state index contributed by atoms with van der Waals surface area (Å²) in [6, 6.07) is 36.7. The first-order valence-corrected chi connectivity index (χ1v) is 35.8. The third-order valence-corrected chi connectivity index (χ3v) is 20.0. The van der Waals surface area contributed by atoms with Crippen molar-refractivity contribution in [2.45, 2.75) is 109 Å². The largest absolute Gasteiger partial charge is 0.497 e. The summed E-state index contributed by atoms with van der Waals surface area (Å²) >= 11 is 6.04. The number of aliphatic hydroxyl groups excluding tert-OH is 3. The molecule has 0 spiro atoms. The summed E-state index contributed by atoms with van der Waals surface area (Å²) in [7, 11) is 3.35. The molecule has 3 saturated heterocycles. The highest BCUT2D eigenvalue weighted by molar-refractivity contribution is 6.31. The second kappa shape index (κ2) is 33.6. The van der Waals surface area contributed by atoms with Crippen LogP contribution in [-0.2, 0) is 0 Å². The molecule has 3 fully saturated rings. The minimum Gasteiger partial charge on any atom is -0.497 e. The molecule has 3 N–H and O–H groups in total. The Morgan fingerprint density at radius 1 is 0.438 bits per heavy atom. The second-order valence-electron chi connectivity index (χ2n) is 27.0. The van der Waals surface area contributed by atoms with Gasteiger partial charge in [0.15, 0.2) is 17.3 Å². The Morgan fingerprint density at radius 2 is 0.819 bits per heavy atom. The third kappa shape index (κ3) is 18.0. The number of aliphatic hydroxyl groups is 3. The molecule has 23 nitrogen and oxygen atoms in total. The summed E-state index contributed by atoms with van der Waals surface area (Å²) < 4.78 is 90.7. The lowest BCUT2D eigenvalue weighted by molar-refractivity contribution is 0.0597. The number of β-amino-alcohol motifs (C(OH)–C–C–N with tert-alkyl or cyclic N) is 3. The second-order valence-corrected chi connectivity index (χ2v) is 27.4. The first-order valence-electron chi connectivity index (χ1n) is 35.4. The number of fused-ring (bicyclic) bond motifs is 3. The van der Waals surface area contributed by atoms with Crippen LogP contribution in [0.2, 0.25) is 5.02 Å². The van der Waals surface area contributed by atoms with Crippen molar-refractivity contribution in [3.05, 3.63) is 183 Å². The highest BCUT2D eigenvalue weighted by atomic mass is 35.5. The number of aryl methyl sites for hydroxylation is 4. The Bertz CT molecular complexity index is 4870. The Kier molecular flexibility index (Phi) is 23.5. The molecule has 6 aromatic carbocycles. The quantitative estimate of drug-likeness (QED) is 0.0537. The Morgan fingerprint density at radius 3 is 1.19 bits per heavy atom. The summed E-state index contributed by atoms with van der Waals surface area (Å²) in [5.74, 6) is 7.94. The lowest BCUT2D eigenvalue weighted by Gasteiger charge is -2.33. The fourth-order valence-corrected chi connectivity index (χ4v) is 14.3. The van der Waals surface area contributed by atoms with Crippen LogP contribution in [0.4, 0.5) is 8.78 Å². The molecule has 3 aliphatic rings. The van der Waals surface area contributed by atoms with Crippen molar-refractivity contribution in [3.8, 4) is 63.7 Å². The van der Waals surface area contributed by atoms with E-state index in [0.29, 0.717) is 129 Å². The molecule has 552 valence electrons. The predicted molar refractivity (Wildman–Crippen MR) is 389 cm³/mol. The van der Waals surface area contributed by atoms with Crippen LogP contribution < -0.4 is 23.7 Å². The Hall–Kier alpha value is -9.73. The van der Waals surface area contributed by atoms with Crippen molar-refractivity contribution in [2.24, 2.45) is 0 Å². The smallest absolute Gasteiger partial charge is 0.283 e. The van der Waals surface area contributed by atoms with Gasteiger partial charge in [-0.1, -0.05) is 48.0 Å². The van der Waals surface area contributed by atoms with E-state index in [0.717, 1.165) is 117 Å². The van der Waals surface area contributed by atoms with Crippen LogP contribution in [-0.4, -0.2) is 172 Å². The van der Waals surface area contributed by atoms with Gasteiger partial charge in [-0.25, -0.2) is 8.78 Å². The van der Waals surface area contributed by atoms with E-state index in [1.54, 1.807) is 72.2 Å². The molecular formula is C79H86ClF2N9O14. The molecule has 0 amide bonds. The number of hydrogen-bond donors (Lipinski definition) is 3. The summed E-state index contributed by atoms with van der Waals surface area (Å²) in [5, 5.41) is 58.3. The molecule has 105 heavy (non-hydrogen) atoms. The van der Waals surface area contributed by atoms with E-state index in [1.165, 1.54) is 11.1 Å². The maximum atomic E-state index is 14.7. The average Bonchev–Trinajstić information content (AvgIpc) is 1.71. The number of benzene rings is 6. The zero-order valence-electron chi connectivity index (χ0n) is 59.7. The van der Waals surface area contributed by atoms with Crippen molar-refractivity contribution in [2.75, 3.05) is 92.9 Å². The molecule has 0 radical (unpaired) electrons. The molecule has 0 bridgehead atoms. The van der Waals surface area contributed by atoms with E-state index in [4.69, 9.17) is 61.8 Å². The van der Waals surface area contributed by atoms with Gasteiger partial charge < -0.3 is 80.2 Å². The number of piperidine rings is 3. The van der Waals surface area contributed by atoms with Crippen LogP contribution in [0.15, 0.2) is 148 Å². The van der Waals surface area contributed by atoms with Gasteiger partial charge in [0, 0.05) is 75.3 Å². The van der Waals surface area contributed by atoms with Crippen LogP contribution in [0.25, 0.3) is 67.9 Å². The van der Waals surface area contributed by atoms with Crippen molar-refractivity contribution < 1.29 is 74.3 Å². The normalized spacial score (nSPS) is 16.0. The number of hydrogen-bond acceptors (Lipinski definition) is 23. The maximum Gasteiger partial charge on any atom is 0.283 e. The molecule has 0 aliphatic carbocycles. The van der Waals surface area contributed by atoms with Crippen LogP contribution in [0.5, 0.6) is 28.7 Å². The minimum atomic E-state index is -0.665. The highest BCUT2D eigenvalue weighted by Gasteiger charge is 2.29. The monoisotopic (exact) mass is 1460 g/mol. The number of furan rings is 3. The predicted octanol–water partition coefficient (Wildman–Crippen LogP) is 14.8. The molecule has 26 heteroatoms. The van der Waals surface area contributed by atoms with Gasteiger partial charge in [0.2, 0.25) is 17.7 Å². The number of halogens is 3. The Labute approximate surface area is 610 Å². The van der Waals surface area contributed by atoms with Gasteiger partial charge in [0.25, 0.3) is 17.7 Å². The minimum absolute atomic E-state index is 0.143. The molecule has 9 heterocycles. The fraction of sp³-hybridized carbons (Fsp3) is 0.392.